The molecule has 0 saturated carbocycles. The molecule has 1 saturated heterocycles. The number of benzene rings is 1. The molecule has 1 aliphatic heterocycles. The minimum Gasteiger partial charge on any atom is -0.381 e. The van der Waals surface area contributed by atoms with Gasteiger partial charge in [0.2, 0.25) is 0 Å². The summed E-state index contributed by atoms with van der Waals surface area (Å²) in [7, 11) is 0. The Labute approximate surface area is 175 Å². The van der Waals surface area contributed by atoms with E-state index in [9.17, 15) is 0 Å². The van der Waals surface area contributed by atoms with Crippen LogP contribution in [0.5, 0.6) is 0 Å². The fourth-order valence-corrected chi connectivity index (χ4v) is 3.02. The van der Waals surface area contributed by atoms with E-state index in [2.05, 4.69) is 60.7 Å². The molecule has 148 valence electrons. The Bertz CT molecular complexity index is 534. The molecule has 0 aromatic heterocycles. The number of rotatable bonds is 8. The lowest BCUT2D eigenvalue weighted by molar-refractivity contribution is -0.0318. The third kappa shape index (κ3) is 8.22. The van der Waals surface area contributed by atoms with Crippen molar-refractivity contribution in [2.75, 3.05) is 32.9 Å². The smallest absolute Gasteiger partial charge is 0.191 e. The number of ether oxygens (including phenoxy) is 2. The normalized spacial score (nSPS) is 16.7. The van der Waals surface area contributed by atoms with Crippen molar-refractivity contribution in [1.29, 1.82) is 0 Å². The van der Waals surface area contributed by atoms with Crippen LogP contribution in [0.2, 0.25) is 0 Å². The molecule has 0 aliphatic carbocycles. The predicted octanol–water partition coefficient (Wildman–Crippen LogP) is 3.81. The highest BCUT2D eigenvalue weighted by atomic mass is 127. The van der Waals surface area contributed by atoms with Crippen LogP contribution in [0.15, 0.2) is 29.3 Å². The Morgan fingerprint density at radius 1 is 1.31 bits per heavy atom. The second-order valence-corrected chi connectivity index (χ2v) is 6.52. The Morgan fingerprint density at radius 3 is 2.73 bits per heavy atom. The summed E-state index contributed by atoms with van der Waals surface area (Å²) < 4.78 is 11.2. The number of nitrogens with zero attached hydrogens (tertiary/aromatic N) is 1. The molecule has 6 heteroatoms. The maximum absolute atomic E-state index is 5.90. The molecule has 0 spiro atoms. The van der Waals surface area contributed by atoms with Crippen molar-refractivity contribution < 1.29 is 9.47 Å². The van der Waals surface area contributed by atoms with E-state index in [1.165, 1.54) is 11.1 Å². The average molecular weight is 475 g/mol. The van der Waals surface area contributed by atoms with Gasteiger partial charge in [0.1, 0.15) is 0 Å². The summed E-state index contributed by atoms with van der Waals surface area (Å²) in [4.78, 5) is 4.68. The lowest BCUT2D eigenvalue weighted by Gasteiger charge is -2.22. The first-order valence-corrected chi connectivity index (χ1v) is 9.50. The maximum Gasteiger partial charge on any atom is 0.191 e. The molecule has 0 radical (unpaired) electrons. The van der Waals surface area contributed by atoms with Crippen LogP contribution in [0.4, 0.5) is 0 Å². The highest BCUT2D eigenvalue weighted by Crippen LogP contribution is 2.16. The number of hydrogen-bond acceptors (Lipinski definition) is 3. The van der Waals surface area contributed by atoms with Crippen molar-refractivity contribution in [3.63, 3.8) is 0 Å². The van der Waals surface area contributed by atoms with Crippen molar-refractivity contribution in [2.45, 2.75) is 52.2 Å². The summed E-state index contributed by atoms with van der Waals surface area (Å²) in [5.41, 5.74) is 2.60. The van der Waals surface area contributed by atoms with E-state index in [4.69, 9.17) is 9.47 Å². The van der Waals surface area contributed by atoms with Gasteiger partial charge in [-0.15, -0.1) is 24.0 Å². The van der Waals surface area contributed by atoms with Crippen LogP contribution >= 0.6 is 24.0 Å². The molecule has 1 fully saturated rings. The Balaban J connectivity index is 0.00000338. The number of aliphatic imine (C=N–C) groups is 1. The topological polar surface area (TPSA) is 54.9 Å². The summed E-state index contributed by atoms with van der Waals surface area (Å²) in [6.07, 6.45) is 3.33. The molecular weight excluding hydrogens is 441 g/mol. The fraction of sp³-hybridized carbons (Fsp3) is 0.650. The average Bonchev–Trinajstić information content (AvgIpc) is 2.62. The summed E-state index contributed by atoms with van der Waals surface area (Å²) in [5.74, 6) is 0.865. The maximum atomic E-state index is 5.90. The molecule has 1 heterocycles. The number of hydrogen-bond donors (Lipinski definition) is 2. The van der Waals surface area contributed by atoms with Gasteiger partial charge in [-0.2, -0.15) is 0 Å². The number of halogens is 1. The van der Waals surface area contributed by atoms with E-state index in [0.29, 0.717) is 6.10 Å². The van der Waals surface area contributed by atoms with Crippen molar-refractivity contribution in [1.82, 2.24) is 10.6 Å². The van der Waals surface area contributed by atoms with Crippen molar-refractivity contribution >= 4 is 29.9 Å². The highest BCUT2D eigenvalue weighted by molar-refractivity contribution is 14.0. The summed E-state index contributed by atoms with van der Waals surface area (Å²) in [6.45, 7) is 10.4. The van der Waals surface area contributed by atoms with Gasteiger partial charge in [0.05, 0.1) is 12.1 Å². The fourth-order valence-electron chi connectivity index (χ4n) is 3.02. The number of guanidine groups is 1. The van der Waals surface area contributed by atoms with Crippen LogP contribution in [-0.4, -0.2) is 45.0 Å². The molecule has 1 aliphatic rings. The highest BCUT2D eigenvalue weighted by Gasteiger charge is 2.13. The Hall–Kier alpha value is -0.860. The second-order valence-electron chi connectivity index (χ2n) is 6.52. The predicted molar refractivity (Wildman–Crippen MR) is 119 cm³/mol. The Morgan fingerprint density at radius 2 is 2.04 bits per heavy atom. The van der Waals surface area contributed by atoms with Gasteiger partial charge >= 0.3 is 0 Å². The van der Waals surface area contributed by atoms with Gasteiger partial charge in [-0.3, -0.25) is 4.99 Å². The summed E-state index contributed by atoms with van der Waals surface area (Å²) >= 11 is 0. The second kappa shape index (κ2) is 13.3. The third-order valence-electron chi connectivity index (χ3n) is 4.45. The zero-order chi connectivity index (χ0) is 17.9. The van der Waals surface area contributed by atoms with E-state index in [-0.39, 0.29) is 30.0 Å². The minimum absolute atomic E-state index is 0. The van der Waals surface area contributed by atoms with E-state index in [1.54, 1.807) is 0 Å². The van der Waals surface area contributed by atoms with Gasteiger partial charge in [-0.25, -0.2) is 0 Å². The van der Waals surface area contributed by atoms with Gasteiger partial charge in [0.15, 0.2) is 5.96 Å². The third-order valence-corrected chi connectivity index (χ3v) is 4.45. The van der Waals surface area contributed by atoms with Crippen LogP contribution in [0.1, 0.15) is 50.3 Å². The van der Waals surface area contributed by atoms with Crippen molar-refractivity contribution in [3.8, 4) is 0 Å². The first-order chi connectivity index (χ1) is 12.2. The van der Waals surface area contributed by atoms with Gasteiger partial charge in [0, 0.05) is 32.9 Å². The minimum atomic E-state index is 0. The molecule has 2 rings (SSSR count). The van der Waals surface area contributed by atoms with Crippen LogP contribution in [-0.2, 0) is 9.47 Å². The van der Waals surface area contributed by atoms with Crippen LogP contribution in [0.3, 0.4) is 0 Å². The molecule has 1 aromatic carbocycles. The zero-order valence-electron chi connectivity index (χ0n) is 16.3. The molecule has 26 heavy (non-hydrogen) atoms. The first-order valence-electron chi connectivity index (χ1n) is 9.50. The van der Waals surface area contributed by atoms with Gasteiger partial charge in [-0.05, 0) is 51.2 Å². The number of aryl methyl sites for hydroxylation is 1. The standard InChI is InChI=1S/C20H33N3O2.HI/c1-4-21-20(23-17(3)19-9-6-5-8-16(19)2)22-12-7-13-25-18-10-14-24-15-11-18;/h5-6,8-9,17-18H,4,7,10-15H2,1-3H3,(H2,21,22,23);1H. The van der Waals surface area contributed by atoms with Crippen molar-refractivity contribution in [3.05, 3.63) is 35.4 Å². The molecule has 5 nitrogen and oxygen atoms in total. The molecule has 0 bridgehead atoms. The monoisotopic (exact) mass is 475 g/mol. The zero-order valence-corrected chi connectivity index (χ0v) is 18.6. The Kier molecular flexibility index (Phi) is 11.9. The van der Waals surface area contributed by atoms with Gasteiger partial charge < -0.3 is 20.1 Å². The van der Waals surface area contributed by atoms with E-state index >= 15 is 0 Å². The van der Waals surface area contributed by atoms with E-state index < -0.39 is 0 Å². The molecule has 0 amide bonds. The van der Waals surface area contributed by atoms with Gasteiger partial charge in [0.25, 0.3) is 0 Å². The molecular formula is C20H34IN3O2. The lowest BCUT2D eigenvalue weighted by Crippen LogP contribution is -2.39. The SMILES string of the molecule is CCNC(=NCCCOC1CCOCC1)NC(C)c1ccccc1C.I. The summed E-state index contributed by atoms with van der Waals surface area (Å²) in [5, 5.41) is 6.82. The summed E-state index contributed by atoms with van der Waals surface area (Å²) in [6, 6.07) is 8.68. The van der Waals surface area contributed by atoms with E-state index in [0.717, 1.165) is 58.1 Å². The quantitative estimate of drug-likeness (QED) is 0.260. The van der Waals surface area contributed by atoms with E-state index in [1.807, 2.05) is 0 Å². The number of nitrogens with one attached hydrogen (secondary N) is 2. The molecule has 2 N–H and O–H groups in total. The molecule has 1 aromatic rings. The lowest BCUT2D eigenvalue weighted by atomic mass is 10.0. The van der Waals surface area contributed by atoms with Gasteiger partial charge in [-0.1, -0.05) is 24.3 Å². The molecule has 1 atom stereocenters. The van der Waals surface area contributed by atoms with Crippen LogP contribution in [0.25, 0.3) is 0 Å². The van der Waals surface area contributed by atoms with Crippen LogP contribution in [0, 0.1) is 6.92 Å². The largest absolute Gasteiger partial charge is 0.381 e. The first kappa shape index (κ1) is 23.2. The van der Waals surface area contributed by atoms with Crippen molar-refractivity contribution in [2.24, 2.45) is 4.99 Å². The van der Waals surface area contributed by atoms with Crippen LogP contribution < -0.4 is 10.6 Å². The molecule has 1 unspecified atom stereocenters.